The Morgan fingerprint density at radius 2 is 2.45 bits per heavy atom. The van der Waals surface area contributed by atoms with Crippen LogP contribution in [-0.4, -0.2) is 12.6 Å². The van der Waals surface area contributed by atoms with Gasteiger partial charge in [0.05, 0.1) is 0 Å². The monoisotopic (exact) mass is 152 g/mol. The van der Waals surface area contributed by atoms with Crippen molar-refractivity contribution in [2.24, 2.45) is 5.92 Å². The fourth-order valence-electron chi connectivity index (χ4n) is 1.70. The summed E-state index contributed by atoms with van der Waals surface area (Å²) < 4.78 is 0. The summed E-state index contributed by atoms with van der Waals surface area (Å²) in [6.45, 7) is 0.817. The van der Waals surface area contributed by atoms with Crippen LogP contribution in [0.1, 0.15) is 19.3 Å². The number of amides is 2. The van der Waals surface area contributed by atoms with Gasteiger partial charge in [0.25, 0.3) is 0 Å². The summed E-state index contributed by atoms with van der Waals surface area (Å²) in [7, 11) is 0. The number of carbonyl (C=O) groups is 1. The second-order valence-corrected chi connectivity index (χ2v) is 3.12. The molecule has 1 fully saturated rings. The molecule has 3 heteroatoms. The molecular weight excluding hydrogens is 140 g/mol. The molecule has 2 aliphatic rings. The molecule has 0 spiro atoms. The normalized spacial score (nSPS) is 29.6. The second kappa shape index (κ2) is 2.57. The summed E-state index contributed by atoms with van der Waals surface area (Å²) in [5.41, 5.74) is 1.14. The highest BCUT2D eigenvalue weighted by molar-refractivity contribution is 5.77. The van der Waals surface area contributed by atoms with Gasteiger partial charge in [-0.1, -0.05) is 6.08 Å². The molecule has 1 aliphatic heterocycles. The smallest absolute Gasteiger partial charge is 0.318 e. The number of rotatable bonds is 0. The Bertz CT molecular complexity index is 210. The zero-order valence-electron chi connectivity index (χ0n) is 6.39. The molecular formula is C8H12N2O. The number of hydrogen-bond donors (Lipinski definition) is 2. The summed E-state index contributed by atoms with van der Waals surface area (Å²) in [5.74, 6) is 0.557. The SMILES string of the molecule is O=C1NCC2CCCC=C2N1. The summed E-state index contributed by atoms with van der Waals surface area (Å²) in [6.07, 6.45) is 5.73. The molecule has 0 radical (unpaired) electrons. The Hall–Kier alpha value is -0.990. The summed E-state index contributed by atoms with van der Waals surface area (Å²) >= 11 is 0. The average molecular weight is 152 g/mol. The van der Waals surface area contributed by atoms with E-state index < -0.39 is 0 Å². The van der Waals surface area contributed by atoms with E-state index in [1.54, 1.807) is 0 Å². The fourth-order valence-corrected chi connectivity index (χ4v) is 1.70. The highest BCUT2D eigenvalue weighted by atomic mass is 16.2. The number of hydrogen-bond acceptors (Lipinski definition) is 1. The Kier molecular flexibility index (Phi) is 1.56. The molecule has 3 nitrogen and oxygen atoms in total. The first-order chi connectivity index (χ1) is 5.36. The molecule has 0 aromatic heterocycles. The maximum Gasteiger partial charge on any atom is 0.318 e. The lowest BCUT2D eigenvalue weighted by Crippen LogP contribution is -2.47. The van der Waals surface area contributed by atoms with Crippen molar-refractivity contribution in [1.82, 2.24) is 10.6 Å². The van der Waals surface area contributed by atoms with Gasteiger partial charge in [-0.15, -0.1) is 0 Å². The zero-order chi connectivity index (χ0) is 7.68. The van der Waals surface area contributed by atoms with Crippen molar-refractivity contribution in [1.29, 1.82) is 0 Å². The Balaban J connectivity index is 2.13. The number of carbonyl (C=O) groups excluding carboxylic acids is 1. The van der Waals surface area contributed by atoms with Gasteiger partial charge in [0.1, 0.15) is 0 Å². The van der Waals surface area contributed by atoms with Gasteiger partial charge in [-0.2, -0.15) is 0 Å². The summed E-state index contributed by atoms with van der Waals surface area (Å²) in [4.78, 5) is 10.9. The van der Waals surface area contributed by atoms with Crippen LogP contribution >= 0.6 is 0 Å². The van der Waals surface area contributed by atoms with E-state index in [4.69, 9.17) is 0 Å². The molecule has 1 atom stereocenters. The number of nitrogens with one attached hydrogen (secondary N) is 2. The third-order valence-corrected chi connectivity index (χ3v) is 2.33. The van der Waals surface area contributed by atoms with Gasteiger partial charge in [-0.3, -0.25) is 0 Å². The topological polar surface area (TPSA) is 41.1 Å². The van der Waals surface area contributed by atoms with E-state index in [9.17, 15) is 4.79 Å². The molecule has 2 N–H and O–H groups in total. The van der Waals surface area contributed by atoms with E-state index >= 15 is 0 Å². The average Bonchev–Trinajstić information content (AvgIpc) is 2.04. The van der Waals surface area contributed by atoms with E-state index in [0.29, 0.717) is 5.92 Å². The van der Waals surface area contributed by atoms with Gasteiger partial charge in [0.15, 0.2) is 0 Å². The summed E-state index contributed by atoms with van der Waals surface area (Å²) in [6, 6.07) is -0.0469. The van der Waals surface area contributed by atoms with E-state index in [1.165, 1.54) is 12.8 Å². The van der Waals surface area contributed by atoms with E-state index in [1.807, 2.05) is 0 Å². The van der Waals surface area contributed by atoms with Gasteiger partial charge in [0, 0.05) is 18.2 Å². The minimum Gasteiger partial charge on any atom is -0.337 e. The van der Waals surface area contributed by atoms with Crippen LogP contribution in [0.4, 0.5) is 4.79 Å². The molecule has 1 saturated heterocycles. The summed E-state index contributed by atoms with van der Waals surface area (Å²) in [5, 5.41) is 5.62. The van der Waals surface area contributed by atoms with Crippen molar-refractivity contribution in [2.45, 2.75) is 19.3 Å². The van der Waals surface area contributed by atoms with Crippen LogP contribution in [0.15, 0.2) is 11.8 Å². The first-order valence-electron chi connectivity index (χ1n) is 4.11. The van der Waals surface area contributed by atoms with Gasteiger partial charge in [0.2, 0.25) is 0 Å². The van der Waals surface area contributed by atoms with Crippen LogP contribution in [0.25, 0.3) is 0 Å². The molecule has 11 heavy (non-hydrogen) atoms. The van der Waals surface area contributed by atoms with Crippen molar-refractivity contribution >= 4 is 6.03 Å². The predicted octanol–water partition coefficient (Wildman–Crippen LogP) is 0.983. The van der Waals surface area contributed by atoms with Crippen LogP contribution in [0.3, 0.4) is 0 Å². The quantitative estimate of drug-likeness (QED) is 0.534. The van der Waals surface area contributed by atoms with E-state index in [0.717, 1.165) is 18.7 Å². The molecule has 0 aromatic rings. The van der Waals surface area contributed by atoms with Crippen molar-refractivity contribution in [3.05, 3.63) is 11.8 Å². The van der Waals surface area contributed by atoms with Gasteiger partial charge in [-0.25, -0.2) is 4.79 Å². The van der Waals surface area contributed by atoms with Crippen LogP contribution < -0.4 is 10.6 Å². The van der Waals surface area contributed by atoms with Crippen LogP contribution in [0.5, 0.6) is 0 Å². The van der Waals surface area contributed by atoms with Crippen molar-refractivity contribution in [3.63, 3.8) is 0 Å². The molecule has 1 aliphatic carbocycles. The lowest BCUT2D eigenvalue weighted by Gasteiger charge is -2.29. The number of allylic oxidation sites excluding steroid dienone is 1. The zero-order valence-corrected chi connectivity index (χ0v) is 6.39. The molecule has 2 amide bonds. The van der Waals surface area contributed by atoms with Crippen molar-refractivity contribution in [3.8, 4) is 0 Å². The van der Waals surface area contributed by atoms with Gasteiger partial charge in [-0.05, 0) is 19.3 Å². The third kappa shape index (κ3) is 1.23. The molecule has 0 bridgehead atoms. The first-order valence-corrected chi connectivity index (χ1v) is 4.11. The minimum absolute atomic E-state index is 0.0469. The maximum absolute atomic E-state index is 10.9. The first kappa shape index (κ1) is 6.70. The van der Waals surface area contributed by atoms with Gasteiger partial charge < -0.3 is 10.6 Å². The van der Waals surface area contributed by atoms with E-state index in [2.05, 4.69) is 16.7 Å². The second-order valence-electron chi connectivity index (χ2n) is 3.12. The molecule has 60 valence electrons. The number of urea groups is 1. The Morgan fingerprint density at radius 1 is 1.55 bits per heavy atom. The predicted molar refractivity (Wildman–Crippen MR) is 42.0 cm³/mol. The Labute approximate surface area is 65.9 Å². The van der Waals surface area contributed by atoms with E-state index in [-0.39, 0.29) is 6.03 Å². The highest BCUT2D eigenvalue weighted by Gasteiger charge is 2.23. The molecule has 2 rings (SSSR count). The molecule has 0 saturated carbocycles. The molecule has 1 unspecified atom stereocenters. The third-order valence-electron chi connectivity index (χ3n) is 2.33. The largest absolute Gasteiger partial charge is 0.337 e. The van der Waals surface area contributed by atoms with Crippen LogP contribution in [0, 0.1) is 5.92 Å². The molecule has 1 heterocycles. The van der Waals surface area contributed by atoms with Crippen LogP contribution in [-0.2, 0) is 0 Å². The molecule has 0 aromatic carbocycles. The lowest BCUT2D eigenvalue weighted by atomic mass is 9.91. The number of fused-ring (bicyclic) bond motifs is 1. The maximum atomic E-state index is 10.9. The van der Waals surface area contributed by atoms with Gasteiger partial charge >= 0.3 is 6.03 Å². The lowest BCUT2D eigenvalue weighted by molar-refractivity contribution is 0.233. The van der Waals surface area contributed by atoms with Crippen molar-refractivity contribution in [2.75, 3.05) is 6.54 Å². The fraction of sp³-hybridized carbons (Fsp3) is 0.625. The minimum atomic E-state index is -0.0469. The standard InChI is InChI=1S/C8H12N2O/c11-8-9-5-6-3-1-2-4-7(6)10-8/h4,6H,1-3,5H2,(H2,9,10,11). The highest BCUT2D eigenvalue weighted by Crippen LogP contribution is 2.23. The Morgan fingerprint density at radius 3 is 3.36 bits per heavy atom. The van der Waals surface area contributed by atoms with Crippen LogP contribution in [0.2, 0.25) is 0 Å². The van der Waals surface area contributed by atoms with Crippen molar-refractivity contribution < 1.29 is 4.79 Å².